The molecule has 0 aliphatic carbocycles. The van der Waals surface area contributed by atoms with Crippen LogP contribution in [0.2, 0.25) is 0 Å². The van der Waals surface area contributed by atoms with Gasteiger partial charge in [-0.1, -0.05) is 13.8 Å². The molecule has 5 heteroatoms. The second-order valence-corrected chi connectivity index (χ2v) is 4.57. The first-order valence-corrected chi connectivity index (χ1v) is 5.89. The van der Waals surface area contributed by atoms with Crippen LogP contribution in [0.25, 0.3) is 0 Å². The number of hydrogen-bond donors (Lipinski definition) is 1. The number of nitrogens with one attached hydrogen (secondary N) is 1. The molecule has 0 radical (unpaired) electrons. The fourth-order valence-electron chi connectivity index (χ4n) is 2.38. The van der Waals surface area contributed by atoms with Gasteiger partial charge < -0.3 is 0 Å². The maximum atomic E-state index is 11.6. The van der Waals surface area contributed by atoms with Gasteiger partial charge in [0.15, 0.2) is 0 Å². The molecule has 1 aliphatic rings. The summed E-state index contributed by atoms with van der Waals surface area (Å²) in [6.45, 7) is 3.89. The molecule has 1 fully saturated rings. The third-order valence-corrected chi connectivity index (χ3v) is 3.36. The predicted molar refractivity (Wildman–Crippen MR) is 62.3 cm³/mol. The molecular formula is C12H17N3O2. The van der Waals surface area contributed by atoms with Crippen LogP contribution in [0.1, 0.15) is 37.4 Å². The van der Waals surface area contributed by atoms with Crippen LogP contribution < -0.4 is 5.32 Å². The fourth-order valence-corrected chi connectivity index (χ4v) is 2.38. The summed E-state index contributed by atoms with van der Waals surface area (Å²) in [6, 6.07) is 0. The summed E-state index contributed by atoms with van der Waals surface area (Å²) in [4.78, 5) is 23.1. The van der Waals surface area contributed by atoms with Crippen LogP contribution in [0.4, 0.5) is 0 Å². The van der Waals surface area contributed by atoms with Crippen molar-refractivity contribution in [2.45, 2.75) is 32.6 Å². The number of carbonyl (C=O) groups is 2. The van der Waals surface area contributed by atoms with Gasteiger partial charge in [0.1, 0.15) is 0 Å². The number of hydrogen-bond acceptors (Lipinski definition) is 3. The standard InChI is InChI=1S/C12H17N3O2/c1-4-10-9(6-15(3)14-10)8-5-11(16)13-12(17)7(8)2/h6-8H,4-5H2,1-3H3,(H,13,16,17). The fraction of sp³-hybridized carbons (Fsp3) is 0.583. The summed E-state index contributed by atoms with van der Waals surface area (Å²) < 4.78 is 1.75. The molecule has 1 N–H and O–H groups in total. The minimum atomic E-state index is -0.191. The van der Waals surface area contributed by atoms with Crippen LogP contribution in [0.5, 0.6) is 0 Å². The van der Waals surface area contributed by atoms with Gasteiger partial charge in [-0.05, 0) is 12.0 Å². The van der Waals surface area contributed by atoms with E-state index in [-0.39, 0.29) is 23.7 Å². The van der Waals surface area contributed by atoms with Crippen molar-refractivity contribution in [2.75, 3.05) is 0 Å². The van der Waals surface area contributed by atoms with Crippen LogP contribution in [0.3, 0.4) is 0 Å². The summed E-state index contributed by atoms with van der Waals surface area (Å²) in [7, 11) is 1.86. The van der Waals surface area contributed by atoms with Crippen LogP contribution in [-0.4, -0.2) is 21.6 Å². The van der Waals surface area contributed by atoms with E-state index in [0.717, 1.165) is 17.7 Å². The highest BCUT2D eigenvalue weighted by atomic mass is 16.2. The summed E-state index contributed by atoms with van der Waals surface area (Å²) >= 11 is 0. The number of nitrogens with zero attached hydrogens (tertiary/aromatic N) is 2. The van der Waals surface area contributed by atoms with Gasteiger partial charge in [0.2, 0.25) is 11.8 Å². The molecule has 2 heterocycles. The van der Waals surface area contributed by atoms with Crippen molar-refractivity contribution < 1.29 is 9.59 Å². The Labute approximate surface area is 100 Å². The summed E-state index contributed by atoms with van der Waals surface area (Å²) in [5.74, 6) is -0.594. The van der Waals surface area contributed by atoms with Crippen molar-refractivity contribution >= 4 is 11.8 Å². The number of aryl methyl sites for hydroxylation is 2. The Morgan fingerprint density at radius 3 is 2.88 bits per heavy atom. The minimum Gasteiger partial charge on any atom is -0.296 e. The number of rotatable bonds is 2. The molecule has 5 nitrogen and oxygen atoms in total. The average molecular weight is 235 g/mol. The predicted octanol–water partition coefficient (Wildman–Crippen LogP) is 0.749. The Balaban J connectivity index is 2.37. The second kappa shape index (κ2) is 4.31. The Morgan fingerprint density at radius 1 is 1.53 bits per heavy atom. The van der Waals surface area contributed by atoms with E-state index in [9.17, 15) is 9.59 Å². The lowest BCUT2D eigenvalue weighted by Crippen LogP contribution is -2.43. The smallest absolute Gasteiger partial charge is 0.230 e. The number of imide groups is 1. The lowest BCUT2D eigenvalue weighted by Gasteiger charge is -2.27. The van der Waals surface area contributed by atoms with Crippen molar-refractivity contribution in [3.05, 3.63) is 17.5 Å². The molecule has 2 atom stereocenters. The van der Waals surface area contributed by atoms with Crippen molar-refractivity contribution in [3.63, 3.8) is 0 Å². The summed E-state index contributed by atoms with van der Waals surface area (Å²) in [5.41, 5.74) is 2.01. The van der Waals surface area contributed by atoms with Crippen molar-refractivity contribution in [3.8, 4) is 0 Å². The van der Waals surface area contributed by atoms with E-state index in [4.69, 9.17) is 0 Å². The van der Waals surface area contributed by atoms with E-state index >= 15 is 0 Å². The zero-order chi connectivity index (χ0) is 12.6. The monoisotopic (exact) mass is 235 g/mol. The highest BCUT2D eigenvalue weighted by molar-refractivity contribution is 5.99. The van der Waals surface area contributed by atoms with E-state index in [0.29, 0.717) is 6.42 Å². The number of carbonyl (C=O) groups excluding carboxylic acids is 2. The van der Waals surface area contributed by atoms with Crippen LogP contribution in [-0.2, 0) is 23.1 Å². The third kappa shape index (κ3) is 2.09. The second-order valence-electron chi connectivity index (χ2n) is 4.57. The van der Waals surface area contributed by atoms with Gasteiger partial charge in [-0.15, -0.1) is 0 Å². The molecule has 2 rings (SSSR count). The van der Waals surface area contributed by atoms with Crippen molar-refractivity contribution in [2.24, 2.45) is 13.0 Å². The van der Waals surface area contributed by atoms with Gasteiger partial charge in [0.25, 0.3) is 0 Å². The van der Waals surface area contributed by atoms with Gasteiger partial charge >= 0.3 is 0 Å². The molecule has 92 valence electrons. The molecule has 1 aromatic rings. The van der Waals surface area contributed by atoms with Crippen molar-refractivity contribution in [1.82, 2.24) is 15.1 Å². The van der Waals surface area contributed by atoms with Crippen LogP contribution in [0.15, 0.2) is 6.20 Å². The van der Waals surface area contributed by atoms with Crippen molar-refractivity contribution in [1.29, 1.82) is 0 Å². The number of amides is 2. The first-order chi connectivity index (χ1) is 8.02. The van der Waals surface area contributed by atoms with Gasteiger partial charge in [-0.2, -0.15) is 5.10 Å². The lowest BCUT2D eigenvalue weighted by molar-refractivity contribution is -0.136. The van der Waals surface area contributed by atoms with Gasteiger partial charge in [-0.25, -0.2) is 0 Å². The molecule has 0 aromatic carbocycles. The SMILES string of the molecule is CCc1nn(C)cc1C1CC(=O)NC(=O)C1C. The van der Waals surface area contributed by atoms with E-state index in [1.807, 2.05) is 27.1 Å². The maximum absolute atomic E-state index is 11.6. The Hall–Kier alpha value is -1.65. The molecule has 1 saturated heterocycles. The molecule has 2 amide bonds. The van der Waals surface area contributed by atoms with Crippen LogP contribution >= 0.6 is 0 Å². The molecule has 0 saturated carbocycles. The number of piperidine rings is 1. The zero-order valence-electron chi connectivity index (χ0n) is 10.4. The first-order valence-electron chi connectivity index (χ1n) is 5.89. The average Bonchev–Trinajstić information content (AvgIpc) is 2.64. The first kappa shape index (κ1) is 11.8. The normalized spacial score (nSPS) is 24.9. The molecule has 2 unspecified atom stereocenters. The molecule has 0 spiro atoms. The topological polar surface area (TPSA) is 64.0 Å². The minimum absolute atomic E-state index is 0.0418. The maximum Gasteiger partial charge on any atom is 0.230 e. The molecule has 0 bridgehead atoms. The lowest BCUT2D eigenvalue weighted by atomic mass is 9.81. The van der Waals surface area contributed by atoms with E-state index < -0.39 is 0 Å². The zero-order valence-corrected chi connectivity index (χ0v) is 10.4. The van der Waals surface area contributed by atoms with Crippen LogP contribution in [0, 0.1) is 5.92 Å². The van der Waals surface area contributed by atoms with Gasteiger partial charge in [-0.3, -0.25) is 19.6 Å². The molecule has 17 heavy (non-hydrogen) atoms. The Bertz CT molecular complexity index is 464. The Kier molecular flexibility index (Phi) is 3.00. The third-order valence-electron chi connectivity index (χ3n) is 3.36. The van der Waals surface area contributed by atoms with E-state index in [1.165, 1.54) is 0 Å². The highest BCUT2D eigenvalue weighted by Gasteiger charge is 2.35. The highest BCUT2D eigenvalue weighted by Crippen LogP contribution is 2.32. The van der Waals surface area contributed by atoms with E-state index in [1.54, 1.807) is 4.68 Å². The number of aromatic nitrogens is 2. The molecule has 1 aliphatic heterocycles. The van der Waals surface area contributed by atoms with Gasteiger partial charge in [0.05, 0.1) is 5.69 Å². The Morgan fingerprint density at radius 2 is 2.24 bits per heavy atom. The van der Waals surface area contributed by atoms with E-state index in [2.05, 4.69) is 10.4 Å². The summed E-state index contributed by atoms with van der Waals surface area (Å²) in [5, 5.41) is 6.73. The quantitative estimate of drug-likeness (QED) is 0.769. The largest absolute Gasteiger partial charge is 0.296 e. The summed E-state index contributed by atoms with van der Waals surface area (Å²) in [6.07, 6.45) is 3.10. The van der Waals surface area contributed by atoms with Gasteiger partial charge in [0, 0.05) is 31.5 Å². The molecule has 1 aromatic heterocycles. The molecular weight excluding hydrogens is 218 g/mol.